The molecule has 2 heterocycles. The van der Waals surface area contributed by atoms with Crippen molar-refractivity contribution in [3.8, 4) is 23.1 Å². The molecule has 6 heteroatoms. The van der Waals surface area contributed by atoms with E-state index in [1.165, 1.54) is 0 Å². The average Bonchev–Trinajstić information content (AvgIpc) is 2.78. The van der Waals surface area contributed by atoms with E-state index < -0.39 is 0 Å². The quantitative estimate of drug-likeness (QED) is 0.628. The van der Waals surface area contributed by atoms with Gasteiger partial charge in [-0.25, -0.2) is 4.98 Å². The Morgan fingerprint density at radius 3 is 2.55 bits per heavy atom. The molecule has 148 valence electrons. The van der Waals surface area contributed by atoms with Crippen molar-refractivity contribution in [1.29, 1.82) is 0 Å². The molecule has 1 amide bonds. The highest BCUT2D eigenvalue weighted by molar-refractivity contribution is 5.94. The average molecular weight is 390 g/mol. The predicted molar refractivity (Wildman–Crippen MR) is 109 cm³/mol. The van der Waals surface area contributed by atoms with E-state index in [0.717, 1.165) is 17.1 Å². The van der Waals surface area contributed by atoms with Gasteiger partial charge in [0.25, 0.3) is 5.91 Å². The normalized spacial score (nSPS) is 12.3. The molecule has 0 radical (unpaired) electrons. The topological polar surface area (TPSA) is 60.9 Å². The lowest BCUT2D eigenvalue weighted by Gasteiger charge is -2.23. The fourth-order valence-electron chi connectivity index (χ4n) is 3.09. The molecule has 0 atom stereocenters. The van der Waals surface area contributed by atoms with Gasteiger partial charge < -0.3 is 19.1 Å². The second kappa shape index (κ2) is 8.65. The zero-order chi connectivity index (χ0) is 20.1. The van der Waals surface area contributed by atoms with Gasteiger partial charge in [-0.05, 0) is 42.8 Å². The number of nitrogens with zero attached hydrogens (tertiary/aromatic N) is 2. The molecule has 0 unspecified atom stereocenters. The van der Waals surface area contributed by atoms with Crippen LogP contribution in [0.1, 0.15) is 22.8 Å². The highest BCUT2D eigenvalue weighted by Crippen LogP contribution is 2.31. The van der Waals surface area contributed by atoms with E-state index in [1.807, 2.05) is 55.5 Å². The second-order valence-corrected chi connectivity index (χ2v) is 6.60. The van der Waals surface area contributed by atoms with Gasteiger partial charge >= 0.3 is 0 Å². The van der Waals surface area contributed by atoms with E-state index in [4.69, 9.17) is 14.2 Å². The van der Waals surface area contributed by atoms with Crippen LogP contribution >= 0.6 is 0 Å². The van der Waals surface area contributed by atoms with Gasteiger partial charge in [-0.1, -0.05) is 24.3 Å². The number of pyridine rings is 1. The van der Waals surface area contributed by atoms with Crippen LogP contribution in [0.25, 0.3) is 0 Å². The van der Waals surface area contributed by atoms with E-state index >= 15 is 0 Å². The summed E-state index contributed by atoms with van der Waals surface area (Å²) in [6.45, 7) is 4.11. The van der Waals surface area contributed by atoms with Crippen molar-refractivity contribution in [3.05, 3.63) is 78.0 Å². The molecule has 4 rings (SSSR count). The van der Waals surface area contributed by atoms with Crippen LogP contribution in [-0.4, -0.2) is 35.5 Å². The van der Waals surface area contributed by atoms with E-state index in [2.05, 4.69) is 4.98 Å². The first kappa shape index (κ1) is 18.8. The number of fused-ring (bicyclic) bond motifs is 1. The Balaban J connectivity index is 1.44. The maximum absolute atomic E-state index is 12.9. The molecular formula is C23H22N2O4. The minimum absolute atomic E-state index is 0.0823. The van der Waals surface area contributed by atoms with E-state index in [-0.39, 0.29) is 5.91 Å². The summed E-state index contributed by atoms with van der Waals surface area (Å²) in [5, 5.41) is 0. The van der Waals surface area contributed by atoms with Crippen molar-refractivity contribution in [3.63, 3.8) is 0 Å². The molecule has 0 aliphatic carbocycles. The molecule has 6 nitrogen and oxygen atoms in total. The molecule has 2 aromatic carbocycles. The molecule has 0 saturated carbocycles. The molecule has 0 spiro atoms. The number of aromatic nitrogens is 1. The highest BCUT2D eigenvalue weighted by Gasteiger charge is 2.17. The molecule has 1 aliphatic rings. The van der Waals surface area contributed by atoms with Gasteiger partial charge in [-0.2, -0.15) is 0 Å². The Hall–Kier alpha value is -3.54. The molecule has 0 N–H and O–H groups in total. The molecule has 1 aromatic heterocycles. The first-order valence-corrected chi connectivity index (χ1v) is 9.59. The van der Waals surface area contributed by atoms with Gasteiger partial charge in [0.15, 0.2) is 11.5 Å². The van der Waals surface area contributed by atoms with Crippen LogP contribution < -0.4 is 14.2 Å². The summed E-state index contributed by atoms with van der Waals surface area (Å²) >= 11 is 0. The van der Waals surface area contributed by atoms with E-state index in [9.17, 15) is 4.79 Å². The number of para-hydroxylation sites is 1. The summed E-state index contributed by atoms with van der Waals surface area (Å²) in [5.41, 5.74) is 1.51. The fourth-order valence-corrected chi connectivity index (χ4v) is 3.09. The maximum Gasteiger partial charge on any atom is 0.255 e. The number of amides is 1. The first-order chi connectivity index (χ1) is 14.2. The molecule has 0 saturated heterocycles. The molecule has 0 fully saturated rings. The Bertz CT molecular complexity index is 974. The minimum atomic E-state index is -0.0823. The van der Waals surface area contributed by atoms with Gasteiger partial charge in [0.1, 0.15) is 19.0 Å². The van der Waals surface area contributed by atoms with Crippen molar-refractivity contribution in [2.75, 3.05) is 19.8 Å². The first-order valence-electron chi connectivity index (χ1n) is 9.59. The van der Waals surface area contributed by atoms with Crippen LogP contribution in [0.15, 0.2) is 66.9 Å². The molecule has 29 heavy (non-hydrogen) atoms. The summed E-state index contributed by atoms with van der Waals surface area (Å²) in [5.74, 6) is 2.53. The number of hydrogen-bond acceptors (Lipinski definition) is 5. The monoisotopic (exact) mass is 390 g/mol. The highest BCUT2D eigenvalue weighted by atomic mass is 16.6. The standard InChI is InChI=1S/C23H22N2O4/c1-2-25(16-17-8-10-20-21(14-17)28-13-12-27-20)23(26)18-9-11-22(24-15-18)29-19-6-4-3-5-7-19/h3-11,14-15H,2,12-13,16H2,1H3. The van der Waals surface area contributed by atoms with Gasteiger partial charge in [0.05, 0.1) is 5.56 Å². The second-order valence-electron chi connectivity index (χ2n) is 6.60. The smallest absolute Gasteiger partial charge is 0.255 e. The summed E-state index contributed by atoms with van der Waals surface area (Å²) < 4.78 is 16.9. The maximum atomic E-state index is 12.9. The van der Waals surface area contributed by atoms with E-state index in [0.29, 0.717) is 43.5 Å². The third-order valence-corrected chi connectivity index (χ3v) is 4.60. The molecule has 1 aliphatic heterocycles. The van der Waals surface area contributed by atoms with Crippen molar-refractivity contribution in [2.24, 2.45) is 0 Å². The number of rotatable bonds is 6. The lowest BCUT2D eigenvalue weighted by molar-refractivity contribution is 0.0751. The number of carbonyl (C=O) groups excluding carboxylic acids is 1. The van der Waals surface area contributed by atoms with Crippen LogP contribution in [0.5, 0.6) is 23.1 Å². The van der Waals surface area contributed by atoms with Gasteiger partial charge in [0, 0.05) is 25.4 Å². The lowest BCUT2D eigenvalue weighted by Crippen LogP contribution is -2.30. The van der Waals surface area contributed by atoms with Crippen LogP contribution in [0.4, 0.5) is 0 Å². The zero-order valence-electron chi connectivity index (χ0n) is 16.2. The summed E-state index contributed by atoms with van der Waals surface area (Å²) in [4.78, 5) is 19.0. The predicted octanol–water partition coefficient (Wildman–Crippen LogP) is 4.31. The SMILES string of the molecule is CCN(Cc1ccc2c(c1)OCCO2)C(=O)c1ccc(Oc2ccccc2)nc1. The fraction of sp³-hybridized carbons (Fsp3) is 0.217. The molecular weight excluding hydrogens is 368 g/mol. The van der Waals surface area contributed by atoms with Crippen molar-refractivity contribution < 1.29 is 19.0 Å². The van der Waals surface area contributed by atoms with Crippen molar-refractivity contribution >= 4 is 5.91 Å². The van der Waals surface area contributed by atoms with Gasteiger partial charge in [-0.3, -0.25) is 4.79 Å². The summed E-state index contributed by atoms with van der Waals surface area (Å²) in [7, 11) is 0. The number of benzene rings is 2. The van der Waals surface area contributed by atoms with Crippen LogP contribution in [-0.2, 0) is 6.54 Å². The van der Waals surface area contributed by atoms with Crippen LogP contribution in [0.3, 0.4) is 0 Å². The molecule has 3 aromatic rings. The van der Waals surface area contributed by atoms with Crippen LogP contribution in [0.2, 0.25) is 0 Å². The van der Waals surface area contributed by atoms with Crippen molar-refractivity contribution in [2.45, 2.75) is 13.5 Å². The van der Waals surface area contributed by atoms with E-state index in [1.54, 1.807) is 23.2 Å². The Morgan fingerprint density at radius 2 is 1.83 bits per heavy atom. The lowest BCUT2D eigenvalue weighted by atomic mass is 10.1. The summed E-state index contributed by atoms with van der Waals surface area (Å²) in [6, 6.07) is 18.6. The third-order valence-electron chi connectivity index (χ3n) is 4.60. The minimum Gasteiger partial charge on any atom is -0.486 e. The van der Waals surface area contributed by atoms with Gasteiger partial charge in [-0.15, -0.1) is 0 Å². The third kappa shape index (κ3) is 4.48. The molecule has 0 bridgehead atoms. The Morgan fingerprint density at radius 1 is 1.03 bits per heavy atom. The van der Waals surface area contributed by atoms with Crippen LogP contribution in [0, 0.1) is 0 Å². The Kier molecular flexibility index (Phi) is 5.61. The largest absolute Gasteiger partial charge is 0.486 e. The van der Waals surface area contributed by atoms with Gasteiger partial charge in [0.2, 0.25) is 5.88 Å². The number of hydrogen-bond donors (Lipinski definition) is 0. The Labute approximate surface area is 169 Å². The zero-order valence-corrected chi connectivity index (χ0v) is 16.2. The number of carbonyl (C=O) groups is 1. The van der Waals surface area contributed by atoms with Crippen molar-refractivity contribution in [1.82, 2.24) is 9.88 Å². The summed E-state index contributed by atoms with van der Waals surface area (Å²) in [6.07, 6.45) is 1.55. The number of ether oxygens (including phenoxy) is 3.